The second kappa shape index (κ2) is 3.72. The minimum Gasteiger partial charge on any atom is -0.478 e. The topological polar surface area (TPSA) is 37.3 Å². The van der Waals surface area contributed by atoms with Gasteiger partial charge in [-0.3, -0.25) is 0 Å². The molecule has 0 fully saturated rings. The zero-order valence-corrected chi connectivity index (χ0v) is 8.02. The van der Waals surface area contributed by atoms with Gasteiger partial charge in [0.2, 0.25) is 0 Å². The lowest BCUT2D eigenvalue weighted by molar-refractivity contribution is 0.0696. The van der Waals surface area contributed by atoms with Crippen LogP contribution in [0, 0.1) is 5.92 Å². The summed E-state index contributed by atoms with van der Waals surface area (Å²) >= 11 is 1.46. The molecule has 0 aliphatic heterocycles. The second-order valence-electron chi connectivity index (χ2n) is 3.21. The highest BCUT2D eigenvalue weighted by Crippen LogP contribution is 2.18. The van der Waals surface area contributed by atoms with Crippen LogP contribution in [-0.2, 0) is 6.42 Å². The molecule has 0 amide bonds. The number of hydrogen-bond acceptors (Lipinski definition) is 2. The highest BCUT2D eigenvalue weighted by molar-refractivity contribution is 7.08. The summed E-state index contributed by atoms with van der Waals surface area (Å²) in [5.41, 5.74) is 1.43. The Bertz CT molecular complexity index is 276. The maximum Gasteiger partial charge on any atom is 0.336 e. The molecule has 0 aromatic carbocycles. The lowest BCUT2D eigenvalue weighted by Gasteiger charge is -2.02. The van der Waals surface area contributed by atoms with Crippen LogP contribution in [0.5, 0.6) is 0 Å². The predicted molar refractivity (Wildman–Crippen MR) is 49.8 cm³/mol. The molecule has 0 aliphatic rings. The Morgan fingerprint density at radius 2 is 2.25 bits per heavy atom. The van der Waals surface area contributed by atoms with Crippen LogP contribution in [0.25, 0.3) is 0 Å². The molecule has 3 heteroatoms. The first-order valence-electron chi connectivity index (χ1n) is 3.89. The summed E-state index contributed by atoms with van der Waals surface area (Å²) in [6.07, 6.45) is 0.852. The van der Waals surface area contributed by atoms with Crippen LogP contribution in [0.15, 0.2) is 10.8 Å². The average molecular weight is 184 g/mol. The lowest BCUT2D eigenvalue weighted by Crippen LogP contribution is -2.01. The third kappa shape index (κ3) is 2.08. The van der Waals surface area contributed by atoms with Crippen LogP contribution in [0.1, 0.15) is 29.8 Å². The fourth-order valence-corrected chi connectivity index (χ4v) is 1.95. The van der Waals surface area contributed by atoms with Gasteiger partial charge in [0.1, 0.15) is 0 Å². The van der Waals surface area contributed by atoms with Gasteiger partial charge in [0.15, 0.2) is 0 Å². The molecule has 1 N–H and O–H groups in total. The largest absolute Gasteiger partial charge is 0.478 e. The summed E-state index contributed by atoms with van der Waals surface area (Å²) < 4.78 is 0. The van der Waals surface area contributed by atoms with E-state index < -0.39 is 5.97 Å². The van der Waals surface area contributed by atoms with Crippen molar-refractivity contribution >= 4 is 17.3 Å². The van der Waals surface area contributed by atoms with Gasteiger partial charge in [-0.1, -0.05) is 13.8 Å². The van der Waals surface area contributed by atoms with Crippen molar-refractivity contribution in [3.05, 3.63) is 21.9 Å². The van der Waals surface area contributed by atoms with Crippen molar-refractivity contribution in [2.75, 3.05) is 0 Å². The van der Waals surface area contributed by atoms with E-state index in [1.807, 2.05) is 5.38 Å². The number of carboxylic acids is 1. The van der Waals surface area contributed by atoms with Gasteiger partial charge in [-0.05, 0) is 23.3 Å². The van der Waals surface area contributed by atoms with E-state index in [9.17, 15) is 4.79 Å². The Kier molecular flexibility index (Phi) is 2.87. The van der Waals surface area contributed by atoms with E-state index in [0.29, 0.717) is 11.5 Å². The number of carbonyl (C=O) groups is 1. The molecule has 0 bridgehead atoms. The monoisotopic (exact) mass is 184 g/mol. The highest BCUT2D eigenvalue weighted by atomic mass is 32.1. The van der Waals surface area contributed by atoms with Gasteiger partial charge in [-0.15, -0.1) is 0 Å². The summed E-state index contributed by atoms with van der Waals surface area (Å²) in [6, 6.07) is 0. The molecular formula is C9H12O2S. The molecule has 0 saturated carbocycles. The van der Waals surface area contributed by atoms with Crippen molar-refractivity contribution < 1.29 is 9.90 Å². The molecule has 0 atom stereocenters. The number of aromatic carboxylic acids is 1. The fourth-order valence-electron chi connectivity index (χ4n) is 1.11. The molecule has 0 spiro atoms. The Morgan fingerprint density at radius 3 is 2.75 bits per heavy atom. The van der Waals surface area contributed by atoms with Crippen LogP contribution in [0.3, 0.4) is 0 Å². The number of thiophene rings is 1. The Labute approximate surface area is 75.9 Å². The third-order valence-corrected chi connectivity index (χ3v) is 2.39. The standard InChI is InChI=1S/C9H12O2S/c1-6(2)3-7-4-12-5-8(7)9(10)11/h4-6H,3H2,1-2H3,(H,10,11). The van der Waals surface area contributed by atoms with E-state index in [2.05, 4.69) is 13.8 Å². The first-order valence-corrected chi connectivity index (χ1v) is 4.84. The minimum absolute atomic E-state index is 0.466. The first kappa shape index (κ1) is 9.26. The summed E-state index contributed by atoms with van der Waals surface area (Å²) in [5, 5.41) is 12.4. The predicted octanol–water partition coefficient (Wildman–Crippen LogP) is 2.64. The van der Waals surface area contributed by atoms with E-state index in [4.69, 9.17) is 5.11 Å². The van der Waals surface area contributed by atoms with Gasteiger partial charge in [0.05, 0.1) is 5.56 Å². The number of rotatable bonds is 3. The zero-order chi connectivity index (χ0) is 9.14. The van der Waals surface area contributed by atoms with Gasteiger partial charge in [0, 0.05) is 5.38 Å². The van der Waals surface area contributed by atoms with Crippen LogP contribution in [0.4, 0.5) is 0 Å². The molecule has 66 valence electrons. The second-order valence-corrected chi connectivity index (χ2v) is 3.96. The van der Waals surface area contributed by atoms with Crippen molar-refractivity contribution in [3.63, 3.8) is 0 Å². The zero-order valence-electron chi connectivity index (χ0n) is 7.20. The Morgan fingerprint density at radius 1 is 1.58 bits per heavy atom. The normalized spacial score (nSPS) is 10.6. The minimum atomic E-state index is -0.813. The van der Waals surface area contributed by atoms with Crippen molar-refractivity contribution in [2.45, 2.75) is 20.3 Å². The van der Waals surface area contributed by atoms with E-state index in [1.165, 1.54) is 11.3 Å². The van der Waals surface area contributed by atoms with Crippen molar-refractivity contribution in [1.82, 2.24) is 0 Å². The van der Waals surface area contributed by atoms with Crippen LogP contribution < -0.4 is 0 Å². The molecule has 0 unspecified atom stereocenters. The summed E-state index contributed by atoms with van der Waals surface area (Å²) in [4.78, 5) is 10.7. The molecule has 0 aliphatic carbocycles. The van der Waals surface area contributed by atoms with Gasteiger partial charge >= 0.3 is 5.97 Å². The molecule has 1 aromatic rings. The average Bonchev–Trinajstić information content (AvgIpc) is 2.33. The van der Waals surface area contributed by atoms with Crippen LogP contribution in [0.2, 0.25) is 0 Å². The Hall–Kier alpha value is -0.830. The summed E-state index contributed by atoms with van der Waals surface area (Å²) in [6.45, 7) is 4.17. The smallest absolute Gasteiger partial charge is 0.336 e. The highest BCUT2D eigenvalue weighted by Gasteiger charge is 2.11. The first-order chi connectivity index (χ1) is 5.61. The third-order valence-electron chi connectivity index (χ3n) is 1.60. The van der Waals surface area contributed by atoms with Gasteiger partial charge < -0.3 is 5.11 Å². The van der Waals surface area contributed by atoms with E-state index >= 15 is 0 Å². The van der Waals surface area contributed by atoms with Crippen molar-refractivity contribution in [3.8, 4) is 0 Å². The molecule has 1 rings (SSSR count). The molecule has 0 radical (unpaired) electrons. The van der Waals surface area contributed by atoms with Gasteiger partial charge in [0.25, 0.3) is 0 Å². The van der Waals surface area contributed by atoms with Crippen LogP contribution >= 0.6 is 11.3 Å². The SMILES string of the molecule is CC(C)Cc1cscc1C(=O)O. The molecule has 1 aromatic heterocycles. The van der Waals surface area contributed by atoms with E-state index in [-0.39, 0.29) is 0 Å². The molecule has 0 saturated heterocycles. The maximum atomic E-state index is 10.7. The fraction of sp³-hybridized carbons (Fsp3) is 0.444. The summed E-state index contributed by atoms with van der Waals surface area (Å²) in [7, 11) is 0. The number of carboxylic acid groups (broad SMARTS) is 1. The van der Waals surface area contributed by atoms with Gasteiger partial charge in [-0.25, -0.2) is 4.79 Å². The quantitative estimate of drug-likeness (QED) is 0.784. The molecule has 2 nitrogen and oxygen atoms in total. The lowest BCUT2D eigenvalue weighted by atomic mass is 10.0. The maximum absolute atomic E-state index is 10.7. The van der Waals surface area contributed by atoms with E-state index in [1.54, 1.807) is 5.38 Å². The van der Waals surface area contributed by atoms with E-state index in [0.717, 1.165) is 12.0 Å². The molecule has 12 heavy (non-hydrogen) atoms. The van der Waals surface area contributed by atoms with Gasteiger partial charge in [-0.2, -0.15) is 11.3 Å². The Balaban J connectivity index is 2.84. The van der Waals surface area contributed by atoms with Crippen molar-refractivity contribution in [2.24, 2.45) is 5.92 Å². The molecule has 1 heterocycles. The summed E-state index contributed by atoms with van der Waals surface area (Å²) in [5.74, 6) is -0.301. The van der Waals surface area contributed by atoms with Crippen LogP contribution in [-0.4, -0.2) is 11.1 Å². The van der Waals surface area contributed by atoms with Crippen molar-refractivity contribution in [1.29, 1.82) is 0 Å². The molecular weight excluding hydrogens is 172 g/mol. The number of hydrogen-bond donors (Lipinski definition) is 1.